The highest BCUT2D eigenvalue weighted by molar-refractivity contribution is 7.16. The van der Waals surface area contributed by atoms with Crippen molar-refractivity contribution in [2.75, 3.05) is 18.5 Å². The SMILES string of the molecule is CC(O)c1cc([N+](=O)[O-])c(N(C)CC2CC3CCC2C3)s1. The molecule has 0 radical (unpaired) electrons. The van der Waals surface area contributed by atoms with Crippen molar-refractivity contribution in [3.05, 3.63) is 21.1 Å². The van der Waals surface area contributed by atoms with Gasteiger partial charge in [0.15, 0.2) is 5.00 Å². The molecule has 3 rings (SSSR count). The van der Waals surface area contributed by atoms with Gasteiger partial charge in [-0.15, -0.1) is 11.3 Å². The monoisotopic (exact) mass is 310 g/mol. The molecule has 21 heavy (non-hydrogen) atoms. The molecule has 0 spiro atoms. The zero-order valence-corrected chi connectivity index (χ0v) is 13.3. The lowest BCUT2D eigenvalue weighted by molar-refractivity contribution is -0.383. The Morgan fingerprint density at radius 2 is 2.29 bits per heavy atom. The molecule has 0 amide bonds. The van der Waals surface area contributed by atoms with E-state index in [4.69, 9.17) is 0 Å². The third-order valence-corrected chi connectivity index (χ3v) is 6.47. The summed E-state index contributed by atoms with van der Waals surface area (Å²) in [6, 6.07) is 1.52. The van der Waals surface area contributed by atoms with Crippen LogP contribution in [0.15, 0.2) is 6.07 Å². The molecule has 0 saturated heterocycles. The van der Waals surface area contributed by atoms with Gasteiger partial charge in [-0.3, -0.25) is 10.1 Å². The Balaban J connectivity index is 1.77. The van der Waals surface area contributed by atoms with Crippen molar-refractivity contribution in [3.63, 3.8) is 0 Å². The molecule has 0 aliphatic heterocycles. The smallest absolute Gasteiger partial charge is 0.304 e. The number of rotatable bonds is 5. The minimum Gasteiger partial charge on any atom is -0.388 e. The average Bonchev–Trinajstić information content (AvgIpc) is 3.12. The second kappa shape index (κ2) is 5.57. The Kier molecular flexibility index (Phi) is 3.92. The number of nitro groups is 1. The van der Waals surface area contributed by atoms with E-state index in [0.29, 0.717) is 15.8 Å². The molecule has 5 nitrogen and oxygen atoms in total. The van der Waals surface area contributed by atoms with E-state index in [0.717, 1.165) is 18.4 Å². The fourth-order valence-corrected chi connectivity index (χ4v) is 5.07. The lowest BCUT2D eigenvalue weighted by Crippen LogP contribution is -2.28. The summed E-state index contributed by atoms with van der Waals surface area (Å²) in [6.07, 6.45) is 4.67. The van der Waals surface area contributed by atoms with Crippen LogP contribution in [0, 0.1) is 27.9 Å². The molecule has 2 aliphatic rings. The predicted octanol–water partition coefficient (Wildman–Crippen LogP) is 3.58. The summed E-state index contributed by atoms with van der Waals surface area (Å²) < 4.78 is 0. The van der Waals surface area contributed by atoms with Crippen molar-refractivity contribution in [2.45, 2.75) is 38.7 Å². The number of thiophene rings is 1. The number of nitrogens with zero attached hydrogens (tertiary/aromatic N) is 2. The number of aliphatic hydroxyl groups excluding tert-OH is 1. The van der Waals surface area contributed by atoms with Crippen LogP contribution in [0.3, 0.4) is 0 Å². The first-order valence-electron chi connectivity index (χ1n) is 7.63. The molecule has 4 unspecified atom stereocenters. The summed E-state index contributed by atoms with van der Waals surface area (Å²) in [5, 5.41) is 21.6. The van der Waals surface area contributed by atoms with E-state index in [-0.39, 0.29) is 10.6 Å². The Hall–Kier alpha value is -1.14. The number of hydrogen-bond acceptors (Lipinski definition) is 5. The lowest BCUT2D eigenvalue weighted by Gasteiger charge is -2.27. The summed E-state index contributed by atoms with van der Waals surface area (Å²) in [6.45, 7) is 2.54. The number of aliphatic hydroxyl groups is 1. The van der Waals surface area contributed by atoms with Gasteiger partial charge in [0.25, 0.3) is 0 Å². The summed E-state index contributed by atoms with van der Waals surface area (Å²) in [5.74, 6) is 2.37. The fraction of sp³-hybridized carbons (Fsp3) is 0.733. The molecule has 116 valence electrons. The topological polar surface area (TPSA) is 66.6 Å². The Morgan fingerprint density at radius 1 is 1.52 bits per heavy atom. The average molecular weight is 310 g/mol. The highest BCUT2D eigenvalue weighted by Gasteiger charge is 2.40. The highest BCUT2D eigenvalue weighted by atomic mass is 32.1. The third-order valence-electron chi connectivity index (χ3n) is 5.06. The van der Waals surface area contributed by atoms with Gasteiger partial charge in [0.2, 0.25) is 0 Å². The Bertz CT molecular complexity index is 543. The van der Waals surface area contributed by atoms with E-state index < -0.39 is 6.10 Å². The highest BCUT2D eigenvalue weighted by Crippen LogP contribution is 2.49. The van der Waals surface area contributed by atoms with Crippen molar-refractivity contribution in [1.82, 2.24) is 0 Å². The van der Waals surface area contributed by atoms with Gasteiger partial charge in [-0.2, -0.15) is 0 Å². The standard InChI is InChI=1S/C15H22N2O3S/c1-9(18)14-7-13(17(19)20)15(21-14)16(2)8-12-6-10-3-4-11(12)5-10/h7,9-12,18H,3-6,8H2,1-2H3. The third kappa shape index (κ3) is 2.79. The quantitative estimate of drug-likeness (QED) is 0.667. The molecule has 6 heteroatoms. The molecule has 2 bridgehead atoms. The van der Waals surface area contributed by atoms with Crippen LogP contribution in [-0.4, -0.2) is 23.6 Å². The molecule has 2 aliphatic carbocycles. The van der Waals surface area contributed by atoms with Gasteiger partial charge in [0, 0.05) is 24.5 Å². The van der Waals surface area contributed by atoms with Crippen LogP contribution < -0.4 is 4.90 Å². The molecule has 1 heterocycles. The first kappa shape index (κ1) is 14.8. The van der Waals surface area contributed by atoms with Crippen LogP contribution in [0.2, 0.25) is 0 Å². The maximum absolute atomic E-state index is 11.2. The van der Waals surface area contributed by atoms with E-state index in [2.05, 4.69) is 0 Å². The van der Waals surface area contributed by atoms with E-state index in [9.17, 15) is 15.2 Å². The number of anilines is 1. The van der Waals surface area contributed by atoms with E-state index >= 15 is 0 Å². The van der Waals surface area contributed by atoms with Gasteiger partial charge in [-0.25, -0.2) is 0 Å². The normalized spacial score (nSPS) is 28.8. The van der Waals surface area contributed by atoms with Gasteiger partial charge < -0.3 is 10.0 Å². The van der Waals surface area contributed by atoms with Crippen LogP contribution in [0.25, 0.3) is 0 Å². The van der Waals surface area contributed by atoms with E-state index in [1.165, 1.54) is 43.1 Å². The predicted molar refractivity (Wildman–Crippen MR) is 83.8 cm³/mol. The molecule has 1 aromatic rings. The summed E-state index contributed by atoms with van der Waals surface area (Å²) in [5.41, 5.74) is 0.126. The van der Waals surface area contributed by atoms with Crippen LogP contribution in [0.4, 0.5) is 10.7 Å². The van der Waals surface area contributed by atoms with Crippen LogP contribution in [0.1, 0.15) is 43.6 Å². The van der Waals surface area contributed by atoms with Crippen LogP contribution in [-0.2, 0) is 0 Å². The minimum atomic E-state index is -0.654. The first-order chi connectivity index (χ1) is 9.95. The van der Waals surface area contributed by atoms with Crippen molar-refractivity contribution in [2.24, 2.45) is 17.8 Å². The molecular formula is C15H22N2O3S. The molecule has 0 aromatic carbocycles. The minimum absolute atomic E-state index is 0.126. The van der Waals surface area contributed by atoms with Crippen molar-refractivity contribution >= 4 is 22.0 Å². The lowest BCUT2D eigenvalue weighted by atomic mass is 9.88. The van der Waals surface area contributed by atoms with Gasteiger partial charge >= 0.3 is 5.69 Å². The second-order valence-corrected chi connectivity index (χ2v) is 7.65. The second-order valence-electron chi connectivity index (χ2n) is 6.59. The van der Waals surface area contributed by atoms with Gasteiger partial charge in [-0.1, -0.05) is 6.42 Å². The maximum atomic E-state index is 11.2. The number of fused-ring (bicyclic) bond motifs is 2. The van der Waals surface area contributed by atoms with Gasteiger partial charge in [-0.05, 0) is 43.9 Å². The largest absolute Gasteiger partial charge is 0.388 e. The van der Waals surface area contributed by atoms with Crippen molar-refractivity contribution in [3.8, 4) is 0 Å². The van der Waals surface area contributed by atoms with Crippen LogP contribution in [0.5, 0.6) is 0 Å². The fourth-order valence-electron chi connectivity index (χ4n) is 4.03. The van der Waals surface area contributed by atoms with Gasteiger partial charge in [0.1, 0.15) is 0 Å². The molecule has 1 N–H and O–H groups in total. The molecule has 4 atom stereocenters. The molecule has 1 aromatic heterocycles. The maximum Gasteiger partial charge on any atom is 0.304 e. The summed E-state index contributed by atoms with van der Waals surface area (Å²) in [4.78, 5) is 13.6. The van der Waals surface area contributed by atoms with Gasteiger partial charge in [0.05, 0.1) is 11.0 Å². The number of hydrogen-bond donors (Lipinski definition) is 1. The Morgan fingerprint density at radius 3 is 2.81 bits per heavy atom. The summed E-state index contributed by atoms with van der Waals surface area (Å²) >= 11 is 1.34. The van der Waals surface area contributed by atoms with Crippen molar-refractivity contribution < 1.29 is 10.0 Å². The zero-order chi connectivity index (χ0) is 15.1. The molecule has 2 fully saturated rings. The molecular weight excluding hydrogens is 288 g/mol. The molecule has 2 saturated carbocycles. The first-order valence-corrected chi connectivity index (χ1v) is 8.44. The summed E-state index contributed by atoms with van der Waals surface area (Å²) in [7, 11) is 1.94. The Labute approximate surface area is 128 Å². The van der Waals surface area contributed by atoms with Crippen molar-refractivity contribution in [1.29, 1.82) is 0 Å². The zero-order valence-electron chi connectivity index (χ0n) is 12.5. The van der Waals surface area contributed by atoms with Crippen LogP contribution >= 0.6 is 11.3 Å². The van der Waals surface area contributed by atoms with E-state index in [1.807, 2.05) is 11.9 Å². The van der Waals surface area contributed by atoms with E-state index in [1.54, 1.807) is 6.92 Å².